The van der Waals surface area contributed by atoms with Gasteiger partial charge in [-0.25, -0.2) is 14.6 Å². The van der Waals surface area contributed by atoms with Gasteiger partial charge in [-0.05, 0) is 64.2 Å². The maximum Gasteiger partial charge on any atom is 0.338 e. The van der Waals surface area contributed by atoms with Crippen molar-refractivity contribution in [3.8, 4) is 0 Å². The molecule has 0 saturated heterocycles. The average molecular weight is 433 g/mol. The Bertz CT molecular complexity index is 1280. The monoisotopic (exact) mass is 432 g/mol. The summed E-state index contributed by atoms with van der Waals surface area (Å²) in [6.07, 6.45) is 0. The van der Waals surface area contributed by atoms with Crippen molar-refractivity contribution in [2.45, 2.75) is 30.2 Å². The van der Waals surface area contributed by atoms with Gasteiger partial charge in [0, 0.05) is 9.79 Å². The second-order valence-corrected chi connectivity index (χ2v) is 8.35. The number of ether oxygens (including phenoxy) is 1. The van der Waals surface area contributed by atoms with E-state index in [0.717, 1.165) is 48.0 Å². The highest BCUT2D eigenvalue weighted by molar-refractivity contribution is 8.00. The van der Waals surface area contributed by atoms with Crippen LogP contribution in [0.3, 0.4) is 0 Å². The zero-order valence-corrected chi connectivity index (χ0v) is 18.8. The van der Waals surface area contributed by atoms with Crippen molar-refractivity contribution >= 4 is 39.3 Å². The topological polar surface area (TPSA) is 44.8 Å². The quantitative estimate of drug-likeness (QED) is 0.194. The molecule has 4 aromatic carbocycles. The molecule has 0 bridgehead atoms. The number of carbonyl (C=O) groups is 1. The van der Waals surface area contributed by atoms with Gasteiger partial charge in [0.25, 0.3) is 0 Å². The van der Waals surface area contributed by atoms with Crippen molar-refractivity contribution in [3.05, 3.63) is 82.9 Å². The van der Waals surface area contributed by atoms with Gasteiger partial charge < -0.3 is 4.74 Å². The summed E-state index contributed by atoms with van der Waals surface area (Å²) in [7, 11) is 2.93. The third kappa shape index (κ3) is 4.04. The van der Waals surface area contributed by atoms with Crippen LogP contribution in [0.25, 0.3) is 21.5 Å². The molecule has 4 nitrogen and oxygen atoms in total. The summed E-state index contributed by atoms with van der Waals surface area (Å²) in [6, 6.07) is 20.5. The van der Waals surface area contributed by atoms with E-state index in [0.29, 0.717) is 12.2 Å². The van der Waals surface area contributed by atoms with Crippen LogP contribution >= 0.6 is 11.8 Å². The summed E-state index contributed by atoms with van der Waals surface area (Å²) >= 11 is 1.69. The van der Waals surface area contributed by atoms with Crippen LogP contribution in [0.15, 0.2) is 70.5 Å². The fourth-order valence-corrected chi connectivity index (χ4v) is 5.19. The maximum absolute atomic E-state index is 12.5. The van der Waals surface area contributed by atoms with Gasteiger partial charge in [0.05, 0.1) is 19.8 Å². The first kappa shape index (κ1) is 21.4. The molecule has 0 N–H and O–H groups in total. The Labute approximate surface area is 186 Å². The van der Waals surface area contributed by atoms with Gasteiger partial charge in [-0.15, -0.1) is 0 Å². The molecule has 0 amide bonds. The van der Waals surface area contributed by atoms with E-state index in [1.165, 1.54) is 14.2 Å². The summed E-state index contributed by atoms with van der Waals surface area (Å²) in [5, 5.41) is 4.42. The van der Waals surface area contributed by atoms with Gasteiger partial charge in [-0.1, -0.05) is 60.3 Å². The van der Waals surface area contributed by atoms with E-state index in [2.05, 4.69) is 31.2 Å². The molecule has 0 radical (unpaired) electrons. The Balaban J connectivity index is 1.96. The van der Waals surface area contributed by atoms with Crippen molar-refractivity contribution in [1.29, 1.82) is 0 Å². The van der Waals surface area contributed by atoms with E-state index in [-0.39, 0.29) is 5.97 Å². The summed E-state index contributed by atoms with van der Waals surface area (Å²) < 4.78 is 5.05. The van der Waals surface area contributed by atoms with Crippen molar-refractivity contribution in [2.75, 3.05) is 14.2 Å². The molecule has 4 aromatic rings. The third-order valence-electron chi connectivity index (χ3n) is 5.55. The van der Waals surface area contributed by atoms with Crippen LogP contribution < -0.4 is 0 Å². The number of rotatable bonds is 6. The molecule has 158 valence electrons. The van der Waals surface area contributed by atoms with E-state index >= 15 is 0 Å². The van der Waals surface area contributed by atoms with Crippen LogP contribution in [0.1, 0.15) is 27.0 Å². The molecule has 4 rings (SSSR count). The summed E-state index contributed by atoms with van der Waals surface area (Å²) in [5.74, 6) is -0.325. The van der Waals surface area contributed by atoms with Crippen molar-refractivity contribution < 1.29 is 19.3 Å². The minimum Gasteiger partial charge on any atom is -0.465 e. The van der Waals surface area contributed by atoms with E-state index in [9.17, 15) is 4.79 Å². The Morgan fingerprint density at radius 3 is 2.03 bits per heavy atom. The van der Waals surface area contributed by atoms with Crippen LogP contribution in [-0.4, -0.2) is 20.2 Å². The molecule has 0 aliphatic heterocycles. The molecule has 0 saturated carbocycles. The van der Waals surface area contributed by atoms with Gasteiger partial charge >= 0.3 is 5.97 Å². The van der Waals surface area contributed by atoms with E-state index < -0.39 is 0 Å². The predicted octanol–water partition coefficient (Wildman–Crippen LogP) is 6.63. The number of hydrogen-bond donors (Lipinski definition) is 0. The molecule has 0 heterocycles. The Kier molecular flexibility index (Phi) is 6.28. The van der Waals surface area contributed by atoms with Gasteiger partial charge in [-0.3, -0.25) is 0 Å². The number of benzene rings is 4. The zero-order valence-electron chi connectivity index (χ0n) is 18.0. The average Bonchev–Trinajstić information content (AvgIpc) is 2.80. The molecule has 31 heavy (non-hydrogen) atoms. The van der Waals surface area contributed by atoms with Gasteiger partial charge in [0.2, 0.25) is 0 Å². The van der Waals surface area contributed by atoms with Crippen molar-refractivity contribution in [2.24, 2.45) is 0 Å². The van der Waals surface area contributed by atoms with Crippen LogP contribution in [0, 0.1) is 13.8 Å². The zero-order chi connectivity index (χ0) is 22.0. The van der Waals surface area contributed by atoms with Gasteiger partial charge in [0.1, 0.15) is 6.61 Å². The molecule has 0 spiro atoms. The Hall–Kier alpha value is -2.86. The van der Waals surface area contributed by atoms with Gasteiger partial charge in [0.15, 0.2) is 0 Å². The standard InChI is InChI=1S/C26H24O4S/c1-16-20(15-30-29-4)13-18-9-5-7-11-21(18)24(16)31-25-17(2)23(26(27)28-3)14-19-10-6-8-12-22(19)25/h5-14H,15H2,1-4H3. The highest BCUT2D eigenvalue weighted by Crippen LogP contribution is 2.43. The lowest BCUT2D eigenvalue weighted by molar-refractivity contribution is -0.282. The SMILES string of the molecule is COOCc1cc2ccccc2c(Sc2c(C)c(C(=O)OC)cc3ccccc23)c1C. The highest BCUT2D eigenvalue weighted by atomic mass is 32.2. The first-order valence-electron chi connectivity index (χ1n) is 10.0. The Morgan fingerprint density at radius 2 is 1.42 bits per heavy atom. The maximum atomic E-state index is 12.5. The highest BCUT2D eigenvalue weighted by Gasteiger charge is 2.19. The minimum absolute atomic E-state index is 0.325. The fourth-order valence-electron chi connectivity index (χ4n) is 3.85. The Morgan fingerprint density at radius 1 is 0.839 bits per heavy atom. The molecule has 0 fully saturated rings. The first-order chi connectivity index (χ1) is 15.0. The van der Waals surface area contributed by atoms with E-state index in [1.807, 2.05) is 43.3 Å². The van der Waals surface area contributed by atoms with Crippen LogP contribution in [0.4, 0.5) is 0 Å². The van der Waals surface area contributed by atoms with E-state index in [4.69, 9.17) is 14.5 Å². The van der Waals surface area contributed by atoms with E-state index in [1.54, 1.807) is 11.8 Å². The first-order valence-corrected chi connectivity index (χ1v) is 10.8. The van der Waals surface area contributed by atoms with Crippen LogP contribution in [-0.2, 0) is 21.1 Å². The lowest BCUT2D eigenvalue weighted by atomic mass is 10.0. The molecule has 5 heteroatoms. The molecule has 0 aliphatic rings. The third-order valence-corrected chi connectivity index (χ3v) is 7.01. The minimum atomic E-state index is -0.325. The molecule has 0 unspecified atom stereocenters. The van der Waals surface area contributed by atoms with Crippen molar-refractivity contribution in [3.63, 3.8) is 0 Å². The van der Waals surface area contributed by atoms with Crippen LogP contribution in [0.5, 0.6) is 0 Å². The number of hydrogen-bond acceptors (Lipinski definition) is 5. The number of esters is 1. The molecule has 0 aliphatic carbocycles. The molecular weight excluding hydrogens is 408 g/mol. The largest absolute Gasteiger partial charge is 0.465 e. The van der Waals surface area contributed by atoms with Crippen LogP contribution in [0.2, 0.25) is 0 Å². The molecular formula is C26H24O4S. The van der Waals surface area contributed by atoms with Gasteiger partial charge in [-0.2, -0.15) is 0 Å². The lowest BCUT2D eigenvalue weighted by Crippen LogP contribution is -2.05. The number of methoxy groups -OCH3 is 1. The molecule has 0 atom stereocenters. The second-order valence-electron chi connectivity index (χ2n) is 7.33. The van der Waals surface area contributed by atoms with Crippen molar-refractivity contribution in [1.82, 2.24) is 0 Å². The fraction of sp³-hybridized carbons (Fsp3) is 0.192. The summed E-state index contributed by atoms with van der Waals surface area (Å²) in [5.41, 5.74) is 3.70. The lowest BCUT2D eigenvalue weighted by Gasteiger charge is -2.18. The normalized spacial score (nSPS) is 11.2. The second kappa shape index (κ2) is 9.10. The predicted molar refractivity (Wildman–Crippen MR) is 125 cm³/mol. The molecule has 0 aromatic heterocycles. The summed E-state index contributed by atoms with van der Waals surface area (Å²) in [6.45, 7) is 4.45. The number of fused-ring (bicyclic) bond motifs is 2. The smallest absolute Gasteiger partial charge is 0.338 e. The number of carbonyl (C=O) groups excluding carboxylic acids is 1. The summed E-state index contributed by atoms with van der Waals surface area (Å²) in [4.78, 5) is 24.8.